The van der Waals surface area contributed by atoms with Gasteiger partial charge in [-0.15, -0.1) is 0 Å². The van der Waals surface area contributed by atoms with Crippen LogP contribution in [-0.2, 0) is 26.1 Å². The zero-order valence-corrected chi connectivity index (χ0v) is 12.0. The fourth-order valence-corrected chi connectivity index (χ4v) is 2.91. The average molecular weight is 267 g/mol. The Morgan fingerprint density at radius 3 is 3.00 bits per heavy atom. The third-order valence-corrected chi connectivity index (χ3v) is 3.85. The van der Waals surface area contributed by atoms with Crippen molar-refractivity contribution in [1.29, 1.82) is 0 Å². The van der Waals surface area contributed by atoms with Crippen molar-refractivity contribution in [2.45, 2.75) is 26.1 Å². The molecule has 2 aromatic rings. The maximum atomic E-state index is 4.18. The highest BCUT2D eigenvalue weighted by Crippen LogP contribution is 2.20. The van der Waals surface area contributed by atoms with E-state index in [2.05, 4.69) is 46.5 Å². The normalized spacial score (nSPS) is 14.3. The van der Waals surface area contributed by atoms with Crippen molar-refractivity contribution in [3.8, 4) is 0 Å². The van der Waals surface area contributed by atoms with Gasteiger partial charge in [0.15, 0.2) is 0 Å². The molecule has 0 radical (unpaired) electrons. The van der Waals surface area contributed by atoms with Crippen LogP contribution in [0.4, 0.5) is 0 Å². The first-order valence-corrected chi connectivity index (χ1v) is 7.21. The van der Waals surface area contributed by atoms with Gasteiger partial charge in [0.05, 0.1) is 0 Å². The maximum absolute atomic E-state index is 4.18. The van der Waals surface area contributed by atoms with E-state index in [1.807, 2.05) is 18.5 Å². The van der Waals surface area contributed by atoms with Gasteiger partial charge < -0.3 is 5.32 Å². The minimum atomic E-state index is 0.940. The number of hydrogen-bond acceptors (Lipinski definition) is 3. The molecule has 3 nitrogen and oxygen atoms in total. The highest BCUT2D eigenvalue weighted by atomic mass is 15.1. The third kappa shape index (κ3) is 3.06. The van der Waals surface area contributed by atoms with Crippen molar-refractivity contribution in [2.75, 3.05) is 13.6 Å². The summed E-state index contributed by atoms with van der Waals surface area (Å²) >= 11 is 0. The fraction of sp³-hybridized carbons (Fsp3) is 0.353. The first-order chi connectivity index (χ1) is 9.83. The highest BCUT2D eigenvalue weighted by molar-refractivity contribution is 5.37. The molecule has 0 bridgehead atoms. The summed E-state index contributed by atoms with van der Waals surface area (Å²) in [5, 5.41) is 3.44. The molecule has 1 N–H and O–H groups in total. The molecule has 1 aliphatic heterocycles. The monoisotopic (exact) mass is 267 g/mol. The smallest absolute Gasteiger partial charge is 0.0312 e. The van der Waals surface area contributed by atoms with Crippen LogP contribution in [0.15, 0.2) is 42.7 Å². The largest absolute Gasteiger partial charge is 0.312 e. The van der Waals surface area contributed by atoms with E-state index in [0.29, 0.717) is 0 Å². The van der Waals surface area contributed by atoms with Crippen molar-refractivity contribution in [3.05, 3.63) is 65.0 Å². The van der Waals surface area contributed by atoms with E-state index in [1.165, 1.54) is 16.7 Å². The molecule has 2 heterocycles. The van der Waals surface area contributed by atoms with E-state index in [4.69, 9.17) is 0 Å². The van der Waals surface area contributed by atoms with Gasteiger partial charge in [0.1, 0.15) is 0 Å². The van der Waals surface area contributed by atoms with E-state index in [0.717, 1.165) is 32.6 Å². The molecule has 0 unspecified atom stereocenters. The van der Waals surface area contributed by atoms with Crippen LogP contribution in [0.3, 0.4) is 0 Å². The Balaban J connectivity index is 1.71. The number of aromatic nitrogens is 1. The zero-order chi connectivity index (χ0) is 13.8. The van der Waals surface area contributed by atoms with Gasteiger partial charge in [0.2, 0.25) is 0 Å². The molecule has 0 amide bonds. The summed E-state index contributed by atoms with van der Waals surface area (Å²) in [6.45, 7) is 4.04. The standard InChI is InChI=1S/C17H21N3/c1-20(12-14-4-3-8-18-10-14)13-16-6-2-5-15-11-19-9-7-17(15)16/h2-6,8,10,19H,7,9,11-13H2,1H3. The van der Waals surface area contributed by atoms with Crippen LogP contribution in [0, 0.1) is 0 Å². The van der Waals surface area contributed by atoms with Gasteiger partial charge in [0.25, 0.3) is 0 Å². The molecule has 0 spiro atoms. The summed E-state index contributed by atoms with van der Waals surface area (Å²) in [5.74, 6) is 0. The number of rotatable bonds is 4. The summed E-state index contributed by atoms with van der Waals surface area (Å²) in [5.41, 5.74) is 5.74. The van der Waals surface area contributed by atoms with Crippen molar-refractivity contribution < 1.29 is 0 Å². The molecule has 20 heavy (non-hydrogen) atoms. The lowest BCUT2D eigenvalue weighted by atomic mass is 9.95. The molecule has 3 heteroatoms. The van der Waals surface area contributed by atoms with Crippen molar-refractivity contribution in [3.63, 3.8) is 0 Å². The Morgan fingerprint density at radius 1 is 1.20 bits per heavy atom. The second kappa shape index (κ2) is 6.16. The average Bonchev–Trinajstić information content (AvgIpc) is 2.48. The summed E-state index contributed by atoms with van der Waals surface area (Å²) in [6.07, 6.45) is 4.91. The Labute approximate surface area is 120 Å². The Bertz CT molecular complexity index is 566. The summed E-state index contributed by atoms with van der Waals surface area (Å²) < 4.78 is 0. The van der Waals surface area contributed by atoms with Gasteiger partial charge in [-0.1, -0.05) is 24.3 Å². The summed E-state index contributed by atoms with van der Waals surface area (Å²) in [7, 11) is 2.17. The lowest BCUT2D eigenvalue weighted by Crippen LogP contribution is -2.26. The molecule has 1 aromatic heterocycles. The quantitative estimate of drug-likeness (QED) is 0.921. The predicted octanol–water partition coefficient (Wildman–Crippen LogP) is 2.36. The summed E-state index contributed by atoms with van der Waals surface area (Å²) in [6, 6.07) is 10.8. The minimum absolute atomic E-state index is 0.940. The number of fused-ring (bicyclic) bond motifs is 1. The van der Waals surface area contributed by atoms with Crippen LogP contribution in [-0.4, -0.2) is 23.5 Å². The molecule has 0 fully saturated rings. The van der Waals surface area contributed by atoms with Crippen molar-refractivity contribution in [1.82, 2.24) is 15.2 Å². The van der Waals surface area contributed by atoms with Crippen LogP contribution in [0.5, 0.6) is 0 Å². The van der Waals surface area contributed by atoms with E-state index in [9.17, 15) is 0 Å². The van der Waals surface area contributed by atoms with Crippen LogP contribution in [0.25, 0.3) is 0 Å². The topological polar surface area (TPSA) is 28.2 Å². The SMILES string of the molecule is CN(Cc1cccnc1)Cc1cccc2c1CCNC2. The molecule has 0 atom stereocenters. The fourth-order valence-electron chi connectivity index (χ4n) is 2.91. The van der Waals surface area contributed by atoms with Gasteiger partial charge >= 0.3 is 0 Å². The second-order valence-electron chi connectivity index (χ2n) is 5.52. The Kier molecular flexibility index (Phi) is 4.09. The van der Waals surface area contributed by atoms with Crippen LogP contribution in [0.2, 0.25) is 0 Å². The number of hydrogen-bond donors (Lipinski definition) is 1. The first-order valence-electron chi connectivity index (χ1n) is 7.21. The molecule has 0 aliphatic carbocycles. The number of nitrogens with one attached hydrogen (secondary N) is 1. The van der Waals surface area contributed by atoms with Gasteiger partial charge in [-0.25, -0.2) is 0 Å². The Morgan fingerprint density at radius 2 is 2.15 bits per heavy atom. The van der Waals surface area contributed by atoms with Gasteiger partial charge in [0, 0.05) is 32.0 Å². The van der Waals surface area contributed by atoms with Gasteiger partial charge in [-0.2, -0.15) is 0 Å². The molecular weight excluding hydrogens is 246 g/mol. The summed E-state index contributed by atoms with van der Waals surface area (Å²) in [4.78, 5) is 6.54. The molecule has 104 valence electrons. The van der Waals surface area contributed by atoms with Gasteiger partial charge in [-0.05, 0) is 48.3 Å². The Hall–Kier alpha value is -1.71. The number of pyridine rings is 1. The first kappa shape index (κ1) is 13.3. The number of benzene rings is 1. The van der Waals surface area contributed by atoms with E-state index in [-0.39, 0.29) is 0 Å². The molecule has 1 aliphatic rings. The number of nitrogens with zero attached hydrogens (tertiary/aromatic N) is 2. The minimum Gasteiger partial charge on any atom is -0.312 e. The molecule has 0 saturated heterocycles. The molecule has 1 aromatic carbocycles. The van der Waals surface area contributed by atoms with Gasteiger partial charge in [-0.3, -0.25) is 9.88 Å². The molecule has 3 rings (SSSR count). The van der Waals surface area contributed by atoms with Crippen LogP contribution < -0.4 is 5.32 Å². The van der Waals surface area contributed by atoms with Crippen LogP contribution >= 0.6 is 0 Å². The molecule has 0 saturated carbocycles. The van der Waals surface area contributed by atoms with E-state index < -0.39 is 0 Å². The zero-order valence-electron chi connectivity index (χ0n) is 12.0. The molecular formula is C17H21N3. The van der Waals surface area contributed by atoms with E-state index >= 15 is 0 Å². The second-order valence-corrected chi connectivity index (χ2v) is 5.52. The highest BCUT2D eigenvalue weighted by Gasteiger charge is 2.13. The van der Waals surface area contributed by atoms with E-state index in [1.54, 1.807) is 5.56 Å². The predicted molar refractivity (Wildman–Crippen MR) is 81.3 cm³/mol. The third-order valence-electron chi connectivity index (χ3n) is 3.85. The van der Waals surface area contributed by atoms with Crippen LogP contribution in [0.1, 0.15) is 22.3 Å². The van der Waals surface area contributed by atoms with Crippen molar-refractivity contribution in [2.24, 2.45) is 0 Å². The van der Waals surface area contributed by atoms with Crippen molar-refractivity contribution >= 4 is 0 Å². The lowest BCUT2D eigenvalue weighted by molar-refractivity contribution is 0.317. The maximum Gasteiger partial charge on any atom is 0.0312 e. The lowest BCUT2D eigenvalue weighted by Gasteiger charge is -2.23.